The van der Waals surface area contributed by atoms with E-state index >= 15 is 0 Å². The molecular formula is C14H24NOP. The third-order valence-electron chi connectivity index (χ3n) is 2.95. The molecule has 0 aliphatic carbocycles. The van der Waals surface area contributed by atoms with Crippen molar-refractivity contribution in [3.63, 3.8) is 0 Å². The molecule has 0 atom stereocenters. The van der Waals surface area contributed by atoms with Gasteiger partial charge in [0.1, 0.15) is 0 Å². The summed E-state index contributed by atoms with van der Waals surface area (Å²) in [4.78, 5) is 0. The summed E-state index contributed by atoms with van der Waals surface area (Å²) in [5, 5.41) is 2.77. The van der Waals surface area contributed by atoms with Gasteiger partial charge in [0.15, 0.2) is 7.29 Å². The largest absolute Gasteiger partial charge is 0.335 e. The van der Waals surface area contributed by atoms with Gasteiger partial charge in [0.05, 0.1) is 0 Å². The molecule has 0 aliphatic heterocycles. The lowest BCUT2D eigenvalue weighted by Gasteiger charge is -2.41. The second-order valence-electron chi connectivity index (χ2n) is 6.43. The van der Waals surface area contributed by atoms with Crippen molar-refractivity contribution in [3.8, 4) is 0 Å². The molecule has 1 N–H and O–H groups in total. The van der Waals surface area contributed by atoms with E-state index in [-0.39, 0.29) is 10.3 Å². The van der Waals surface area contributed by atoms with E-state index in [1.54, 1.807) is 0 Å². The van der Waals surface area contributed by atoms with Gasteiger partial charge in [0.2, 0.25) is 0 Å². The fourth-order valence-electron chi connectivity index (χ4n) is 2.04. The monoisotopic (exact) mass is 253 g/mol. The molecule has 1 aromatic carbocycles. The molecule has 1 aromatic rings. The topological polar surface area (TPSA) is 29.1 Å². The maximum Gasteiger partial charge on any atom is 0.180 e. The van der Waals surface area contributed by atoms with E-state index in [4.69, 9.17) is 0 Å². The van der Waals surface area contributed by atoms with E-state index in [0.717, 1.165) is 5.69 Å². The highest BCUT2D eigenvalue weighted by Gasteiger charge is 2.46. The fraction of sp³-hybridized carbons (Fsp3) is 0.571. The number of nitrogens with one attached hydrogen (secondary N) is 1. The Hall–Kier alpha value is -0.750. The summed E-state index contributed by atoms with van der Waals surface area (Å²) >= 11 is 0. The second kappa shape index (κ2) is 4.49. The molecule has 0 aliphatic rings. The third kappa shape index (κ3) is 2.93. The molecule has 0 radical (unpaired) electrons. The van der Waals surface area contributed by atoms with Crippen LogP contribution in [-0.4, -0.2) is 10.3 Å². The first-order valence-electron chi connectivity index (χ1n) is 6.01. The van der Waals surface area contributed by atoms with Crippen molar-refractivity contribution in [1.29, 1.82) is 0 Å². The van der Waals surface area contributed by atoms with Crippen LogP contribution in [0.5, 0.6) is 0 Å². The molecule has 1 rings (SSSR count). The van der Waals surface area contributed by atoms with Gasteiger partial charge >= 0.3 is 0 Å². The van der Waals surface area contributed by atoms with Gasteiger partial charge in [0.25, 0.3) is 0 Å². The average Bonchev–Trinajstić information content (AvgIpc) is 2.15. The highest BCUT2D eigenvalue weighted by molar-refractivity contribution is 7.68. The molecular weight excluding hydrogens is 229 g/mol. The Labute approximate surface area is 105 Å². The highest BCUT2D eigenvalue weighted by atomic mass is 31.2. The third-order valence-corrected chi connectivity index (χ3v) is 7.30. The molecule has 0 aromatic heterocycles. The minimum Gasteiger partial charge on any atom is -0.335 e. The molecule has 0 amide bonds. The zero-order valence-electron chi connectivity index (χ0n) is 11.7. The summed E-state index contributed by atoms with van der Waals surface area (Å²) in [6, 6.07) is 9.80. The molecule has 0 heterocycles. The van der Waals surface area contributed by atoms with Gasteiger partial charge in [-0.3, -0.25) is 4.57 Å². The summed E-state index contributed by atoms with van der Waals surface area (Å²) in [6.07, 6.45) is 0. The van der Waals surface area contributed by atoms with Gasteiger partial charge < -0.3 is 5.09 Å². The lowest BCUT2D eigenvalue weighted by molar-refractivity contribution is 0.523. The minimum atomic E-state index is -2.56. The van der Waals surface area contributed by atoms with Gasteiger partial charge in [-0.25, -0.2) is 0 Å². The van der Waals surface area contributed by atoms with Crippen LogP contribution in [0.4, 0.5) is 5.69 Å². The van der Waals surface area contributed by atoms with E-state index in [9.17, 15) is 4.57 Å². The second-order valence-corrected chi connectivity index (χ2v) is 10.6. The Balaban J connectivity index is 3.16. The van der Waals surface area contributed by atoms with E-state index in [1.807, 2.05) is 71.9 Å². The SMILES string of the molecule is CC(C)(C)P(=O)(Nc1ccccc1)C(C)(C)C. The predicted octanol–water partition coefficient (Wildman–Crippen LogP) is 4.97. The molecule has 0 fully saturated rings. The van der Waals surface area contributed by atoms with Crippen LogP contribution < -0.4 is 5.09 Å². The molecule has 0 saturated heterocycles. The maximum absolute atomic E-state index is 13.3. The van der Waals surface area contributed by atoms with Crippen molar-refractivity contribution in [3.05, 3.63) is 30.3 Å². The number of benzene rings is 1. The molecule has 17 heavy (non-hydrogen) atoms. The quantitative estimate of drug-likeness (QED) is 0.753. The van der Waals surface area contributed by atoms with Crippen molar-refractivity contribution in [2.75, 3.05) is 5.09 Å². The number of rotatable bonds is 2. The van der Waals surface area contributed by atoms with Gasteiger partial charge in [-0.15, -0.1) is 0 Å². The summed E-state index contributed by atoms with van der Waals surface area (Å²) in [6.45, 7) is 12.2. The summed E-state index contributed by atoms with van der Waals surface area (Å²) in [5.74, 6) is 0. The van der Waals surface area contributed by atoms with E-state index in [1.165, 1.54) is 0 Å². The van der Waals surface area contributed by atoms with Crippen LogP contribution in [0.2, 0.25) is 0 Å². The van der Waals surface area contributed by atoms with Gasteiger partial charge in [0, 0.05) is 16.0 Å². The zero-order chi connectivity index (χ0) is 13.3. The molecule has 0 saturated carbocycles. The Bertz CT molecular complexity index is 394. The normalized spacial score (nSPS) is 13.5. The van der Waals surface area contributed by atoms with Crippen LogP contribution >= 0.6 is 7.29 Å². The van der Waals surface area contributed by atoms with Crippen molar-refractivity contribution >= 4 is 13.0 Å². The van der Waals surface area contributed by atoms with Crippen molar-refractivity contribution < 1.29 is 4.57 Å². The Morgan fingerprint density at radius 1 is 0.882 bits per heavy atom. The number of para-hydroxylation sites is 1. The summed E-state index contributed by atoms with van der Waals surface area (Å²) in [7, 11) is -2.56. The Morgan fingerprint density at radius 2 is 1.29 bits per heavy atom. The van der Waals surface area contributed by atoms with Crippen molar-refractivity contribution in [2.45, 2.75) is 51.9 Å². The number of hydrogen-bond donors (Lipinski definition) is 1. The van der Waals surface area contributed by atoms with Gasteiger partial charge in [-0.2, -0.15) is 0 Å². The lowest BCUT2D eigenvalue weighted by atomic mass is 10.2. The first-order valence-corrected chi connectivity index (χ1v) is 7.72. The van der Waals surface area contributed by atoms with Crippen LogP contribution in [0.3, 0.4) is 0 Å². The lowest BCUT2D eigenvalue weighted by Crippen LogP contribution is -2.32. The van der Waals surface area contributed by atoms with Crippen LogP contribution in [0, 0.1) is 0 Å². The van der Waals surface area contributed by atoms with Crippen LogP contribution in [0.1, 0.15) is 41.5 Å². The molecule has 0 spiro atoms. The maximum atomic E-state index is 13.3. The number of anilines is 1. The Morgan fingerprint density at radius 3 is 1.65 bits per heavy atom. The van der Waals surface area contributed by atoms with Crippen molar-refractivity contribution in [2.24, 2.45) is 0 Å². The fourth-order valence-corrected chi connectivity index (χ4v) is 5.23. The van der Waals surface area contributed by atoms with E-state index < -0.39 is 7.29 Å². The zero-order valence-corrected chi connectivity index (χ0v) is 12.6. The standard InChI is InChI=1S/C14H24NOP/c1-13(2,3)17(16,14(4,5)6)15-12-10-8-7-9-11-12/h7-11H,1-6H3,(H,15,16). The predicted molar refractivity (Wildman–Crippen MR) is 77.2 cm³/mol. The molecule has 0 unspecified atom stereocenters. The first-order chi connectivity index (χ1) is 7.58. The Kier molecular flexibility index (Phi) is 3.78. The summed E-state index contributed by atoms with van der Waals surface area (Å²) in [5.41, 5.74) is 0.931. The molecule has 96 valence electrons. The van der Waals surface area contributed by atoms with Crippen molar-refractivity contribution in [1.82, 2.24) is 0 Å². The highest BCUT2D eigenvalue weighted by Crippen LogP contribution is 2.65. The first kappa shape index (κ1) is 14.3. The van der Waals surface area contributed by atoms with Gasteiger partial charge in [-0.05, 0) is 12.1 Å². The minimum absolute atomic E-state index is 0.263. The van der Waals surface area contributed by atoms with Crippen LogP contribution in [-0.2, 0) is 4.57 Å². The summed E-state index contributed by atoms with van der Waals surface area (Å²) < 4.78 is 13.3. The smallest absolute Gasteiger partial charge is 0.180 e. The molecule has 3 heteroatoms. The molecule has 0 bridgehead atoms. The average molecular weight is 253 g/mol. The number of hydrogen-bond acceptors (Lipinski definition) is 1. The molecule has 2 nitrogen and oxygen atoms in total. The van der Waals surface area contributed by atoms with Crippen LogP contribution in [0.25, 0.3) is 0 Å². The van der Waals surface area contributed by atoms with Gasteiger partial charge in [-0.1, -0.05) is 59.7 Å². The van der Waals surface area contributed by atoms with Crippen LogP contribution in [0.15, 0.2) is 30.3 Å². The van der Waals surface area contributed by atoms with E-state index in [0.29, 0.717) is 0 Å². The van der Waals surface area contributed by atoms with E-state index in [2.05, 4.69) is 5.09 Å².